The van der Waals surface area contributed by atoms with E-state index >= 15 is 0 Å². The summed E-state index contributed by atoms with van der Waals surface area (Å²) in [5, 5.41) is 27.6. The highest BCUT2D eigenvalue weighted by Gasteiger charge is 2.20. The molecule has 0 atom stereocenters. The summed E-state index contributed by atoms with van der Waals surface area (Å²) in [6.45, 7) is 7.42. The number of hydrogen-bond donors (Lipinski definition) is 2. The summed E-state index contributed by atoms with van der Waals surface area (Å²) in [6, 6.07) is 19.4. The van der Waals surface area contributed by atoms with Gasteiger partial charge >= 0.3 is 0 Å². The van der Waals surface area contributed by atoms with E-state index in [0.29, 0.717) is 16.5 Å². The third-order valence-corrected chi connectivity index (χ3v) is 5.10. The third-order valence-electron chi connectivity index (χ3n) is 5.10. The molecule has 0 radical (unpaired) electrons. The molecule has 2 aromatic heterocycles. The van der Waals surface area contributed by atoms with Gasteiger partial charge in [-0.2, -0.15) is 9.78 Å². The Morgan fingerprint density at radius 1 is 1.00 bits per heavy atom. The molecule has 0 saturated heterocycles. The van der Waals surface area contributed by atoms with Crippen molar-refractivity contribution in [1.82, 2.24) is 19.7 Å². The Morgan fingerprint density at radius 2 is 1.74 bits per heavy atom. The van der Waals surface area contributed by atoms with Gasteiger partial charge in [0.1, 0.15) is 5.69 Å². The molecule has 10 nitrogen and oxygen atoms in total. The topological polar surface area (TPSA) is 122 Å². The number of phenols is 1. The Labute approximate surface area is 199 Å². The van der Waals surface area contributed by atoms with Crippen LogP contribution in [0.25, 0.3) is 21.6 Å². The first-order valence-corrected chi connectivity index (χ1v) is 10.4. The second-order valence-electron chi connectivity index (χ2n) is 7.29. The maximum absolute atomic E-state index is 13.2. The van der Waals surface area contributed by atoms with Crippen molar-refractivity contribution >= 4 is 39.6 Å². The molecule has 2 N–H and O–H groups in total. The number of carbonyl (C=O) groups is 1. The molecule has 5 aromatic rings. The number of nitrogens with one attached hydrogen (secondary N) is 1. The predicted octanol–water partition coefficient (Wildman–Crippen LogP) is 5.74. The van der Waals surface area contributed by atoms with E-state index in [1.807, 2.05) is 12.1 Å². The number of para-hydroxylation sites is 1. The van der Waals surface area contributed by atoms with Crippen LogP contribution in [-0.2, 0) is 0 Å². The molecule has 0 unspecified atom stereocenters. The second kappa shape index (κ2) is 9.21. The molecule has 0 saturated carbocycles. The molecule has 2 heterocycles. The van der Waals surface area contributed by atoms with Crippen LogP contribution in [-0.4, -0.2) is 30.8 Å². The maximum atomic E-state index is 13.2. The van der Waals surface area contributed by atoms with E-state index in [2.05, 4.69) is 35.5 Å². The molecule has 0 spiro atoms. The Balaban J connectivity index is 1.60. The number of aromatic nitrogens is 4. The number of carbonyl (C=O) groups excluding carboxylic acids is 1. The lowest BCUT2D eigenvalue weighted by Gasteiger charge is -2.12. The van der Waals surface area contributed by atoms with Crippen LogP contribution in [0.1, 0.15) is 10.4 Å². The quantitative estimate of drug-likeness (QED) is 0.256. The Morgan fingerprint density at radius 3 is 2.51 bits per heavy atom. The molecule has 35 heavy (non-hydrogen) atoms. The van der Waals surface area contributed by atoms with Gasteiger partial charge in [0.25, 0.3) is 17.5 Å². The largest absolute Gasteiger partial charge is 0.505 e. The first-order chi connectivity index (χ1) is 17.2. The lowest BCUT2D eigenvalue weighted by Crippen LogP contribution is -2.12. The van der Waals surface area contributed by atoms with E-state index in [4.69, 9.17) is 6.57 Å². The highest BCUT2D eigenvalue weighted by atomic mass is 16.3. The van der Waals surface area contributed by atoms with E-state index in [0.717, 1.165) is 0 Å². The van der Waals surface area contributed by atoms with Gasteiger partial charge in [0.05, 0.1) is 18.3 Å². The van der Waals surface area contributed by atoms with Crippen LogP contribution in [0.4, 0.5) is 22.9 Å². The van der Waals surface area contributed by atoms with E-state index in [1.165, 1.54) is 23.3 Å². The number of nitrogens with zero attached hydrogens (tertiary/aromatic N) is 7. The lowest BCUT2D eigenvalue weighted by molar-refractivity contribution is 0.102. The molecule has 0 aliphatic heterocycles. The molecule has 3 aromatic carbocycles. The number of hydrogen-bond acceptors (Lipinski definition) is 7. The summed E-state index contributed by atoms with van der Waals surface area (Å²) in [5.74, 6) is -0.533. The fraction of sp³-hybridized carbons (Fsp3) is 0. The van der Waals surface area contributed by atoms with Crippen LogP contribution in [0.15, 0.2) is 95.5 Å². The molecule has 0 aliphatic carbocycles. The number of fused-ring (bicyclic) bond motifs is 1. The normalized spacial score (nSPS) is 10.9. The van der Waals surface area contributed by atoms with Crippen molar-refractivity contribution in [3.63, 3.8) is 0 Å². The van der Waals surface area contributed by atoms with E-state index in [-0.39, 0.29) is 34.5 Å². The van der Waals surface area contributed by atoms with Crippen molar-refractivity contribution in [2.75, 3.05) is 5.32 Å². The highest BCUT2D eigenvalue weighted by molar-refractivity contribution is 6.16. The van der Waals surface area contributed by atoms with Gasteiger partial charge in [0, 0.05) is 18.1 Å². The van der Waals surface area contributed by atoms with Gasteiger partial charge < -0.3 is 10.4 Å². The molecule has 0 aliphatic rings. The van der Waals surface area contributed by atoms with Gasteiger partial charge in [-0.05, 0) is 35.0 Å². The summed E-state index contributed by atoms with van der Waals surface area (Å²) < 4.78 is 1.28. The smallest absolute Gasteiger partial charge is 0.260 e. The van der Waals surface area contributed by atoms with Crippen LogP contribution < -0.4 is 5.32 Å². The van der Waals surface area contributed by atoms with Crippen molar-refractivity contribution < 1.29 is 9.90 Å². The lowest BCUT2D eigenvalue weighted by atomic mass is 10.0. The second-order valence-corrected chi connectivity index (χ2v) is 7.29. The monoisotopic (exact) mass is 460 g/mol. The van der Waals surface area contributed by atoms with Gasteiger partial charge in [-0.3, -0.25) is 4.79 Å². The number of aromatic hydroxyl groups is 1. The summed E-state index contributed by atoms with van der Waals surface area (Å²) in [6.07, 6.45) is 4.40. The minimum absolute atomic E-state index is 0.0552. The SMILES string of the molecule is [C-]#[N+]c1cnn(-c2ncccn2)c1/N=N/c1cc2ccccc2c(C(=O)Nc2ccccc2)c1O. The Hall–Kier alpha value is -5.43. The molecule has 1 amide bonds. The van der Waals surface area contributed by atoms with Crippen LogP contribution in [0.2, 0.25) is 0 Å². The highest BCUT2D eigenvalue weighted by Crippen LogP contribution is 2.39. The Bertz CT molecular complexity index is 1610. The first kappa shape index (κ1) is 21.4. The van der Waals surface area contributed by atoms with Crippen molar-refractivity contribution in [3.8, 4) is 11.7 Å². The zero-order valence-corrected chi connectivity index (χ0v) is 18.1. The maximum Gasteiger partial charge on any atom is 0.260 e. The molecular formula is C25H16N8O2. The van der Waals surface area contributed by atoms with Crippen molar-refractivity contribution in [1.29, 1.82) is 0 Å². The van der Waals surface area contributed by atoms with Gasteiger partial charge in [0.2, 0.25) is 0 Å². The van der Waals surface area contributed by atoms with Gasteiger partial charge in [-0.1, -0.05) is 42.5 Å². The van der Waals surface area contributed by atoms with Crippen molar-refractivity contribution in [2.24, 2.45) is 10.2 Å². The molecule has 0 fully saturated rings. The molecule has 10 heteroatoms. The van der Waals surface area contributed by atoms with Gasteiger partial charge in [-0.15, -0.1) is 10.2 Å². The fourth-order valence-electron chi connectivity index (χ4n) is 3.50. The third kappa shape index (κ3) is 4.17. The molecule has 0 bridgehead atoms. The van der Waals surface area contributed by atoms with Crippen molar-refractivity contribution in [2.45, 2.75) is 0 Å². The number of amides is 1. The van der Waals surface area contributed by atoms with Gasteiger partial charge in [-0.25, -0.2) is 14.8 Å². The Kier molecular flexibility index (Phi) is 5.63. The predicted molar refractivity (Wildman–Crippen MR) is 130 cm³/mol. The van der Waals surface area contributed by atoms with E-state index in [9.17, 15) is 9.90 Å². The zero-order valence-electron chi connectivity index (χ0n) is 18.1. The van der Waals surface area contributed by atoms with Crippen LogP contribution in [0.3, 0.4) is 0 Å². The number of phenolic OH excluding ortho intramolecular Hbond substituents is 1. The summed E-state index contributed by atoms with van der Waals surface area (Å²) >= 11 is 0. The van der Waals surface area contributed by atoms with E-state index in [1.54, 1.807) is 54.6 Å². The summed E-state index contributed by atoms with van der Waals surface area (Å²) in [4.78, 5) is 24.8. The van der Waals surface area contributed by atoms with Crippen LogP contribution >= 0.6 is 0 Å². The van der Waals surface area contributed by atoms with E-state index < -0.39 is 5.91 Å². The summed E-state index contributed by atoms with van der Waals surface area (Å²) in [7, 11) is 0. The molecule has 168 valence electrons. The first-order valence-electron chi connectivity index (χ1n) is 10.4. The minimum atomic E-state index is -0.494. The number of azo groups is 1. The van der Waals surface area contributed by atoms with Crippen molar-refractivity contribution in [3.05, 3.63) is 102 Å². The number of anilines is 1. The van der Waals surface area contributed by atoms with Gasteiger partial charge in [0.15, 0.2) is 11.6 Å². The van der Waals surface area contributed by atoms with Crippen LogP contribution in [0.5, 0.6) is 5.75 Å². The molecular weight excluding hydrogens is 444 g/mol. The summed E-state index contributed by atoms with van der Waals surface area (Å²) in [5.41, 5.74) is 0.829. The van der Waals surface area contributed by atoms with Crippen LogP contribution in [0, 0.1) is 6.57 Å². The standard InChI is InChI=1S/C25H16N8O2/c1-26-20-15-29-33(25-27-12-7-13-28-25)23(20)32-31-19-14-16-8-5-6-11-18(16)21(22(19)34)24(35)30-17-9-3-2-4-10-17/h2-15,34H,(H,30,35)/b32-31+. The zero-order chi connectivity index (χ0) is 24.2. The number of benzene rings is 3. The fourth-order valence-corrected chi connectivity index (χ4v) is 3.50. The molecule has 5 rings (SSSR count). The average Bonchev–Trinajstić information content (AvgIpc) is 3.31. The average molecular weight is 460 g/mol. The minimum Gasteiger partial charge on any atom is -0.505 e. The number of rotatable bonds is 5.